The van der Waals surface area contributed by atoms with Gasteiger partial charge < -0.3 is 5.32 Å². The molecule has 0 aliphatic rings. The summed E-state index contributed by atoms with van der Waals surface area (Å²) in [4.78, 5) is 12.1. The first-order chi connectivity index (χ1) is 9.08. The van der Waals surface area contributed by atoms with Gasteiger partial charge in [-0.25, -0.2) is 0 Å². The molecule has 0 fully saturated rings. The van der Waals surface area contributed by atoms with Crippen LogP contribution in [0.2, 0.25) is 0 Å². The predicted molar refractivity (Wildman–Crippen MR) is 88.0 cm³/mol. The number of nitrogens with one attached hydrogen (secondary N) is 1. The minimum atomic E-state index is 0.0197. The number of amides is 1. The second kappa shape index (κ2) is 8.75. The van der Waals surface area contributed by atoms with Gasteiger partial charge >= 0.3 is 0 Å². The maximum atomic E-state index is 12.1. The van der Waals surface area contributed by atoms with E-state index in [-0.39, 0.29) is 5.91 Å². The van der Waals surface area contributed by atoms with Crippen molar-refractivity contribution in [3.8, 4) is 0 Å². The van der Waals surface area contributed by atoms with Crippen LogP contribution in [0.15, 0.2) is 22.7 Å². The lowest BCUT2D eigenvalue weighted by Crippen LogP contribution is -2.29. The van der Waals surface area contributed by atoms with Crippen molar-refractivity contribution >= 4 is 37.8 Å². The molecule has 0 spiro atoms. The van der Waals surface area contributed by atoms with Crippen LogP contribution in [0.25, 0.3) is 0 Å². The largest absolute Gasteiger partial charge is 0.352 e. The van der Waals surface area contributed by atoms with Crippen molar-refractivity contribution in [2.24, 2.45) is 5.92 Å². The van der Waals surface area contributed by atoms with Crippen LogP contribution >= 0.6 is 31.9 Å². The van der Waals surface area contributed by atoms with Gasteiger partial charge in [-0.3, -0.25) is 4.79 Å². The Balaban J connectivity index is 2.56. The smallest absolute Gasteiger partial charge is 0.251 e. The molecule has 1 aromatic carbocycles. The van der Waals surface area contributed by atoms with Gasteiger partial charge in [-0.05, 0) is 49.4 Å². The fourth-order valence-corrected chi connectivity index (χ4v) is 2.93. The van der Waals surface area contributed by atoms with Crippen LogP contribution in [0.4, 0.5) is 0 Å². The van der Waals surface area contributed by atoms with E-state index >= 15 is 0 Å². The zero-order chi connectivity index (χ0) is 14.3. The summed E-state index contributed by atoms with van der Waals surface area (Å²) < 4.78 is 1.03. The molecule has 0 heterocycles. The fraction of sp³-hybridized carbons (Fsp3) is 0.533. The van der Waals surface area contributed by atoms with Gasteiger partial charge in [0, 0.05) is 21.9 Å². The molecule has 0 bridgehead atoms. The minimum absolute atomic E-state index is 0.0197. The normalized spacial score (nSPS) is 12.2. The highest BCUT2D eigenvalue weighted by molar-refractivity contribution is 9.10. The van der Waals surface area contributed by atoms with Crippen LogP contribution in [-0.4, -0.2) is 17.8 Å². The third kappa shape index (κ3) is 5.65. The summed E-state index contributed by atoms with van der Waals surface area (Å²) in [5, 5.41) is 4.03. The molecule has 1 amide bonds. The Bertz CT molecular complexity index is 415. The summed E-state index contributed by atoms with van der Waals surface area (Å²) in [6, 6.07) is 5.69. The predicted octanol–water partition coefficient (Wildman–Crippen LogP) is 4.69. The van der Waals surface area contributed by atoms with Crippen molar-refractivity contribution < 1.29 is 4.79 Å². The van der Waals surface area contributed by atoms with Gasteiger partial charge in [-0.1, -0.05) is 45.2 Å². The second-order valence-electron chi connectivity index (χ2n) is 4.81. The lowest BCUT2D eigenvalue weighted by atomic mass is 10.0. The van der Waals surface area contributed by atoms with Crippen molar-refractivity contribution in [3.63, 3.8) is 0 Å². The Hall–Kier alpha value is -0.350. The minimum Gasteiger partial charge on any atom is -0.352 e. The first kappa shape index (κ1) is 16.7. The van der Waals surface area contributed by atoms with Gasteiger partial charge in [-0.15, -0.1) is 0 Å². The number of hydrogen-bond donors (Lipinski definition) is 1. The SMILES string of the molecule is CCCC(CCBr)CNC(=O)c1ccc(Br)c(C)c1. The molecule has 19 heavy (non-hydrogen) atoms. The number of rotatable bonds is 7. The molecule has 0 aliphatic carbocycles. The zero-order valence-electron chi connectivity index (χ0n) is 11.5. The zero-order valence-corrected chi connectivity index (χ0v) is 14.7. The number of halogens is 2. The van der Waals surface area contributed by atoms with Crippen molar-refractivity contribution in [2.45, 2.75) is 33.1 Å². The lowest BCUT2D eigenvalue weighted by Gasteiger charge is -2.15. The highest BCUT2D eigenvalue weighted by Crippen LogP contribution is 2.17. The van der Waals surface area contributed by atoms with E-state index in [2.05, 4.69) is 44.1 Å². The number of carbonyl (C=O) groups is 1. The van der Waals surface area contributed by atoms with E-state index in [1.165, 1.54) is 0 Å². The van der Waals surface area contributed by atoms with Crippen molar-refractivity contribution in [1.29, 1.82) is 0 Å². The van der Waals surface area contributed by atoms with Crippen LogP contribution in [0, 0.1) is 12.8 Å². The molecular formula is C15H21Br2NO. The van der Waals surface area contributed by atoms with E-state index in [0.717, 1.165) is 46.7 Å². The molecule has 1 rings (SSSR count). The van der Waals surface area contributed by atoms with Crippen LogP contribution in [0.1, 0.15) is 42.1 Å². The number of benzene rings is 1. The Morgan fingerprint density at radius 1 is 1.37 bits per heavy atom. The van der Waals surface area contributed by atoms with Crippen LogP contribution in [0.3, 0.4) is 0 Å². The molecule has 4 heteroatoms. The van der Waals surface area contributed by atoms with Crippen molar-refractivity contribution in [1.82, 2.24) is 5.32 Å². The number of carbonyl (C=O) groups excluding carboxylic acids is 1. The van der Waals surface area contributed by atoms with Crippen LogP contribution in [-0.2, 0) is 0 Å². The highest BCUT2D eigenvalue weighted by Gasteiger charge is 2.11. The monoisotopic (exact) mass is 389 g/mol. The molecule has 0 aromatic heterocycles. The summed E-state index contributed by atoms with van der Waals surface area (Å²) in [7, 11) is 0. The molecular weight excluding hydrogens is 370 g/mol. The number of hydrogen-bond acceptors (Lipinski definition) is 1. The maximum absolute atomic E-state index is 12.1. The molecule has 1 aromatic rings. The maximum Gasteiger partial charge on any atom is 0.251 e. The van der Waals surface area contributed by atoms with E-state index in [1.54, 1.807) is 0 Å². The van der Waals surface area contributed by atoms with Crippen LogP contribution in [0.5, 0.6) is 0 Å². The average molecular weight is 391 g/mol. The first-order valence-corrected chi connectivity index (χ1v) is 8.60. The molecule has 106 valence electrons. The van der Waals surface area contributed by atoms with Crippen molar-refractivity contribution in [3.05, 3.63) is 33.8 Å². The van der Waals surface area contributed by atoms with E-state index in [0.29, 0.717) is 5.92 Å². The average Bonchev–Trinajstić information content (AvgIpc) is 2.39. The van der Waals surface area contributed by atoms with Gasteiger partial charge in [0.2, 0.25) is 0 Å². The second-order valence-corrected chi connectivity index (χ2v) is 6.45. The molecule has 1 atom stereocenters. The summed E-state index contributed by atoms with van der Waals surface area (Å²) in [5.41, 5.74) is 1.81. The van der Waals surface area contributed by atoms with Gasteiger partial charge in [0.1, 0.15) is 0 Å². The van der Waals surface area contributed by atoms with E-state index in [4.69, 9.17) is 0 Å². The fourth-order valence-electron chi connectivity index (χ4n) is 2.04. The molecule has 0 aliphatic heterocycles. The van der Waals surface area contributed by atoms with Gasteiger partial charge in [0.05, 0.1) is 0 Å². The Labute approximate surface area is 132 Å². The summed E-state index contributed by atoms with van der Waals surface area (Å²) in [5.74, 6) is 0.580. The summed E-state index contributed by atoms with van der Waals surface area (Å²) in [6.07, 6.45) is 3.42. The quantitative estimate of drug-likeness (QED) is 0.672. The standard InChI is InChI=1S/C15H21Br2NO/c1-3-4-12(7-8-16)10-18-15(19)13-5-6-14(17)11(2)9-13/h5-6,9,12H,3-4,7-8,10H2,1-2H3,(H,18,19). The molecule has 0 radical (unpaired) electrons. The summed E-state index contributed by atoms with van der Waals surface area (Å²) >= 11 is 6.92. The highest BCUT2D eigenvalue weighted by atomic mass is 79.9. The number of aryl methyl sites for hydroxylation is 1. The van der Waals surface area contributed by atoms with E-state index in [1.807, 2.05) is 25.1 Å². The van der Waals surface area contributed by atoms with Gasteiger partial charge in [-0.2, -0.15) is 0 Å². The van der Waals surface area contributed by atoms with Gasteiger partial charge in [0.25, 0.3) is 5.91 Å². The van der Waals surface area contributed by atoms with Crippen molar-refractivity contribution in [2.75, 3.05) is 11.9 Å². The number of alkyl halides is 1. The first-order valence-electron chi connectivity index (χ1n) is 6.68. The molecule has 0 saturated carbocycles. The Kier molecular flexibility index (Phi) is 7.69. The van der Waals surface area contributed by atoms with E-state index < -0.39 is 0 Å². The van der Waals surface area contributed by atoms with Crippen LogP contribution < -0.4 is 5.32 Å². The van der Waals surface area contributed by atoms with E-state index in [9.17, 15) is 4.79 Å². The molecule has 1 N–H and O–H groups in total. The molecule has 0 saturated heterocycles. The lowest BCUT2D eigenvalue weighted by molar-refractivity contribution is 0.0946. The summed E-state index contributed by atoms with van der Waals surface area (Å²) in [6.45, 7) is 4.93. The Morgan fingerprint density at radius 2 is 2.11 bits per heavy atom. The third-order valence-electron chi connectivity index (χ3n) is 3.19. The topological polar surface area (TPSA) is 29.1 Å². The molecule has 2 nitrogen and oxygen atoms in total. The van der Waals surface area contributed by atoms with Gasteiger partial charge in [0.15, 0.2) is 0 Å². The molecule has 1 unspecified atom stereocenters. The third-order valence-corrected chi connectivity index (χ3v) is 4.53. The Morgan fingerprint density at radius 3 is 2.68 bits per heavy atom.